The summed E-state index contributed by atoms with van der Waals surface area (Å²) in [6, 6.07) is 36.2. The second-order valence-corrected chi connectivity index (χ2v) is 9.52. The molecule has 0 aliphatic rings. The fourth-order valence-electron chi connectivity index (χ4n) is 4.14. The quantitative estimate of drug-likeness (QED) is 0.173. The minimum Gasteiger partial charge on any atom is -0.494 e. The summed E-state index contributed by atoms with van der Waals surface area (Å²) >= 11 is 1.73. The first-order valence-electron chi connectivity index (χ1n) is 11.7. The monoisotopic (exact) mass is 674 g/mol. The first kappa shape index (κ1) is 25.0. The van der Waals surface area contributed by atoms with Crippen molar-refractivity contribution in [3.05, 3.63) is 120 Å². The summed E-state index contributed by atoms with van der Waals surface area (Å²) < 4.78 is 7.29. The minimum atomic E-state index is 0. The molecule has 0 aliphatic heterocycles. The topological polar surface area (TPSA) is 38.9 Å². The normalized spacial score (nSPS) is 10.8. The molecule has 5 heteroatoms. The molecule has 0 spiro atoms. The van der Waals surface area contributed by atoms with Crippen LogP contribution in [-0.2, 0) is 20.1 Å². The molecule has 0 N–H and O–H groups in total. The van der Waals surface area contributed by atoms with Crippen molar-refractivity contribution in [1.29, 1.82) is 0 Å². The number of aromatic nitrogens is 2. The molecule has 4 aromatic heterocycles. The van der Waals surface area contributed by atoms with Gasteiger partial charge in [0.15, 0.2) is 0 Å². The Bertz CT molecular complexity index is 1800. The third-order valence-corrected chi connectivity index (χ3v) is 6.85. The van der Waals surface area contributed by atoms with E-state index >= 15 is 0 Å². The Balaban J connectivity index is 0.000000172. The molecule has 0 saturated heterocycles. The summed E-state index contributed by atoms with van der Waals surface area (Å²) in [5.41, 5.74) is 7.59. The van der Waals surface area contributed by atoms with Crippen molar-refractivity contribution < 1.29 is 24.5 Å². The van der Waals surface area contributed by atoms with Crippen LogP contribution in [0.5, 0.6) is 0 Å². The second kappa shape index (κ2) is 10.8. The molecule has 7 aromatic rings. The van der Waals surface area contributed by atoms with E-state index in [0.717, 1.165) is 49.8 Å². The third kappa shape index (κ3) is 5.12. The number of benzene rings is 3. The van der Waals surface area contributed by atoms with Gasteiger partial charge in [-0.05, 0) is 47.3 Å². The van der Waals surface area contributed by atoms with Crippen LogP contribution in [0.3, 0.4) is 0 Å². The van der Waals surface area contributed by atoms with Crippen molar-refractivity contribution in [3.63, 3.8) is 0 Å². The van der Waals surface area contributed by atoms with E-state index in [2.05, 4.69) is 63.9 Å². The summed E-state index contributed by atoms with van der Waals surface area (Å²) in [6.45, 7) is 4.00. The molecular weight excluding hydrogens is 653 g/mol. The van der Waals surface area contributed by atoms with Crippen molar-refractivity contribution in [2.75, 3.05) is 0 Å². The van der Waals surface area contributed by atoms with E-state index in [4.69, 9.17) is 4.42 Å². The van der Waals surface area contributed by atoms with E-state index in [-0.39, 0.29) is 20.1 Å². The fourth-order valence-corrected chi connectivity index (χ4v) is 4.88. The number of furan rings is 1. The Hall–Kier alpha value is -3.63. The molecule has 0 amide bonds. The van der Waals surface area contributed by atoms with Gasteiger partial charge >= 0.3 is 20.1 Å². The summed E-state index contributed by atoms with van der Waals surface area (Å²) in [5.74, 6) is 0. The molecular formula is C32H21IrN2OS. The first-order valence-corrected chi connectivity index (χ1v) is 12.5. The summed E-state index contributed by atoms with van der Waals surface area (Å²) in [4.78, 5) is 8.82. The van der Waals surface area contributed by atoms with Gasteiger partial charge in [0.05, 0.1) is 0 Å². The number of nitrogens with zero attached hydrogens (tertiary/aromatic N) is 2. The standard InChI is InChI=1S/C20H11NOS.C12H10N.Ir/c1-12-5-7-17-16-4-2-3-15(19(16)22-20(17)21-12)13-6-8-18-14(11-13)9-10-23-18;1-10-7-8-12(13-9-10)11-5-3-2-4-6-11;/h2,4-10H,1H3;2-5,7-9H,1H3;/q-2;-1;+3. The van der Waals surface area contributed by atoms with E-state index in [1.807, 2.05) is 68.6 Å². The van der Waals surface area contributed by atoms with Crippen LogP contribution in [0.25, 0.3) is 54.5 Å². The Kier molecular flexibility index (Phi) is 7.29. The van der Waals surface area contributed by atoms with Crippen molar-refractivity contribution in [1.82, 2.24) is 9.97 Å². The van der Waals surface area contributed by atoms with E-state index < -0.39 is 0 Å². The number of aryl methyl sites for hydroxylation is 2. The maximum absolute atomic E-state index is 6.05. The van der Waals surface area contributed by atoms with Crippen LogP contribution in [0.1, 0.15) is 11.3 Å². The van der Waals surface area contributed by atoms with Crippen LogP contribution in [0.2, 0.25) is 0 Å². The molecule has 0 radical (unpaired) electrons. The number of hydrogen-bond acceptors (Lipinski definition) is 4. The van der Waals surface area contributed by atoms with Gasteiger partial charge in [-0.3, -0.25) is 0 Å². The van der Waals surface area contributed by atoms with Gasteiger partial charge in [-0.25, -0.2) is 4.98 Å². The van der Waals surface area contributed by atoms with Crippen LogP contribution in [0.15, 0.2) is 94.9 Å². The van der Waals surface area contributed by atoms with Crippen LogP contribution in [0, 0.1) is 32.0 Å². The third-order valence-electron chi connectivity index (χ3n) is 5.97. The number of hydrogen-bond donors (Lipinski definition) is 0. The van der Waals surface area contributed by atoms with E-state index in [0.29, 0.717) is 5.71 Å². The molecule has 180 valence electrons. The molecule has 0 saturated carbocycles. The van der Waals surface area contributed by atoms with Gasteiger partial charge < -0.3 is 9.40 Å². The van der Waals surface area contributed by atoms with Crippen LogP contribution in [0.4, 0.5) is 0 Å². The average Bonchev–Trinajstić information content (AvgIpc) is 3.53. The number of rotatable bonds is 2. The Labute approximate surface area is 233 Å². The van der Waals surface area contributed by atoms with Gasteiger partial charge in [0.2, 0.25) is 5.71 Å². The molecule has 0 bridgehead atoms. The Morgan fingerprint density at radius 2 is 1.73 bits per heavy atom. The molecule has 0 atom stereocenters. The second-order valence-electron chi connectivity index (χ2n) is 8.57. The van der Waals surface area contributed by atoms with Crippen molar-refractivity contribution in [2.24, 2.45) is 0 Å². The van der Waals surface area contributed by atoms with E-state index in [1.165, 1.54) is 10.3 Å². The molecule has 4 heterocycles. The predicted molar refractivity (Wildman–Crippen MR) is 148 cm³/mol. The fraction of sp³-hybridized carbons (Fsp3) is 0.0625. The molecule has 0 aliphatic carbocycles. The summed E-state index contributed by atoms with van der Waals surface area (Å²) in [5, 5.41) is 5.32. The van der Waals surface area contributed by atoms with Gasteiger partial charge in [-0.1, -0.05) is 17.5 Å². The smallest absolute Gasteiger partial charge is 0.494 e. The van der Waals surface area contributed by atoms with Crippen molar-refractivity contribution in [2.45, 2.75) is 13.8 Å². The number of pyridine rings is 2. The molecule has 3 nitrogen and oxygen atoms in total. The molecule has 37 heavy (non-hydrogen) atoms. The maximum atomic E-state index is 6.05. The van der Waals surface area contributed by atoms with Gasteiger partial charge in [-0.15, -0.1) is 59.5 Å². The minimum absolute atomic E-state index is 0. The zero-order chi connectivity index (χ0) is 24.5. The van der Waals surface area contributed by atoms with E-state index in [9.17, 15) is 0 Å². The first-order chi connectivity index (χ1) is 17.7. The summed E-state index contributed by atoms with van der Waals surface area (Å²) in [6.07, 6.45) is 1.87. The SMILES string of the molecule is Cc1ccc(-c2[c-]cccc2)nc1.Cc1ccc2c(n1)oc1c(-c3[c-]c4ccsc4cc3)[c-]ccc12.[Ir+3]. The Morgan fingerprint density at radius 1 is 0.811 bits per heavy atom. The average molecular weight is 674 g/mol. The van der Waals surface area contributed by atoms with Gasteiger partial charge in [0, 0.05) is 22.9 Å². The molecule has 3 aromatic carbocycles. The van der Waals surface area contributed by atoms with Gasteiger partial charge in [-0.2, -0.15) is 46.7 Å². The largest absolute Gasteiger partial charge is 3.00 e. The maximum Gasteiger partial charge on any atom is 3.00 e. The van der Waals surface area contributed by atoms with Crippen LogP contribution in [-0.4, -0.2) is 9.97 Å². The van der Waals surface area contributed by atoms with Crippen LogP contribution >= 0.6 is 11.3 Å². The molecule has 0 unspecified atom stereocenters. The zero-order valence-electron chi connectivity index (χ0n) is 20.2. The summed E-state index contributed by atoms with van der Waals surface area (Å²) in [7, 11) is 0. The van der Waals surface area contributed by atoms with Gasteiger partial charge in [0.25, 0.3) is 0 Å². The van der Waals surface area contributed by atoms with E-state index in [1.54, 1.807) is 11.3 Å². The number of fused-ring (bicyclic) bond motifs is 4. The predicted octanol–water partition coefficient (Wildman–Crippen LogP) is 8.63. The van der Waals surface area contributed by atoms with Crippen molar-refractivity contribution >= 4 is 43.5 Å². The Morgan fingerprint density at radius 3 is 2.54 bits per heavy atom. The zero-order valence-corrected chi connectivity index (χ0v) is 23.4. The molecule has 0 fully saturated rings. The molecule has 7 rings (SSSR count). The van der Waals surface area contributed by atoms with Crippen molar-refractivity contribution in [3.8, 4) is 22.4 Å². The van der Waals surface area contributed by atoms with Crippen LogP contribution < -0.4 is 0 Å². The van der Waals surface area contributed by atoms with Gasteiger partial charge in [0.1, 0.15) is 0 Å². The number of thiophene rings is 1.